The van der Waals surface area contributed by atoms with Crippen LogP contribution < -0.4 is 0 Å². The van der Waals surface area contributed by atoms with E-state index in [0.717, 1.165) is 5.56 Å². The largest absolute Gasteiger partial charge is 0.459 e. The molecule has 1 aliphatic heterocycles. The molecule has 0 saturated carbocycles. The van der Waals surface area contributed by atoms with Crippen LogP contribution in [0.1, 0.15) is 5.56 Å². The maximum Gasteiger partial charge on any atom is 0.244 e. The lowest BCUT2D eigenvalue weighted by atomic mass is 10.1. The van der Waals surface area contributed by atoms with Crippen molar-refractivity contribution in [1.82, 2.24) is 0 Å². The topological polar surface area (TPSA) is 38.7 Å². The Labute approximate surface area is 82.6 Å². The first-order valence-electron chi connectivity index (χ1n) is 4.54. The maximum atomic E-state index is 8.78. The van der Waals surface area contributed by atoms with Crippen molar-refractivity contribution in [2.45, 2.75) is 12.7 Å². The van der Waals surface area contributed by atoms with Gasteiger partial charge in [0.05, 0.1) is 0 Å². The Kier molecular flexibility index (Phi) is 2.70. The van der Waals surface area contributed by atoms with Crippen molar-refractivity contribution in [3.63, 3.8) is 0 Å². The molecular weight excluding hydrogens is 180 g/mol. The van der Waals surface area contributed by atoms with Crippen LogP contribution in [0.15, 0.2) is 42.4 Å². The van der Waals surface area contributed by atoms with E-state index in [1.165, 1.54) is 6.26 Å². The van der Waals surface area contributed by atoms with Gasteiger partial charge >= 0.3 is 0 Å². The Morgan fingerprint density at radius 1 is 1.21 bits per heavy atom. The fourth-order valence-electron chi connectivity index (χ4n) is 1.35. The second-order valence-corrected chi connectivity index (χ2v) is 3.12. The predicted molar refractivity (Wildman–Crippen MR) is 51.3 cm³/mol. The van der Waals surface area contributed by atoms with Gasteiger partial charge in [0.25, 0.3) is 0 Å². The number of hydrogen-bond acceptors (Lipinski definition) is 3. The molecule has 0 spiro atoms. The Hall–Kier alpha value is -1.48. The lowest BCUT2D eigenvalue weighted by molar-refractivity contribution is -0.0354. The van der Waals surface area contributed by atoms with Crippen molar-refractivity contribution in [1.29, 1.82) is 0 Å². The zero-order chi connectivity index (χ0) is 9.80. The molecule has 2 rings (SSSR count). The first-order valence-corrected chi connectivity index (χ1v) is 4.54. The molecule has 74 valence electrons. The van der Waals surface area contributed by atoms with Crippen LogP contribution in [0, 0.1) is 0 Å². The highest BCUT2D eigenvalue weighted by Crippen LogP contribution is 2.17. The van der Waals surface area contributed by atoms with Crippen LogP contribution >= 0.6 is 0 Å². The molecule has 1 atom stereocenters. The molecule has 1 aromatic carbocycles. The SMILES string of the molecule is OCC1=COC(Cc2ccccc2)O1. The highest BCUT2D eigenvalue weighted by atomic mass is 16.7. The van der Waals surface area contributed by atoms with E-state index < -0.39 is 0 Å². The molecule has 3 heteroatoms. The molecule has 0 amide bonds. The van der Waals surface area contributed by atoms with Gasteiger partial charge < -0.3 is 14.6 Å². The van der Waals surface area contributed by atoms with E-state index in [1.807, 2.05) is 30.3 Å². The summed E-state index contributed by atoms with van der Waals surface area (Å²) >= 11 is 0. The first-order chi connectivity index (χ1) is 6.88. The number of rotatable bonds is 3. The van der Waals surface area contributed by atoms with Crippen molar-refractivity contribution in [3.8, 4) is 0 Å². The molecule has 1 aromatic rings. The van der Waals surface area contributed by atoms with Crippen LogP contribution in [-0.2, 0) is 15.9 Å². The zero-order valence-corrected chi connectivity index (χ0v) is 7.72. The summed E-state index contributed by atoms with van der Waals surface area (Å²) in [6.07, 6.45) is 1.87. The Balaban J connectivity index is 1.90. The predicted octanol–water partition coefficient (Wildman–Crippen LogP) is 1.44. The third kappa shape index (κ3) is 2.06. The minimum absolute atomic E-state index is 0.106. The van der Waals surface area contributed by atoms with Crippen LogP contribution in [0.2, 0.25) is 0 Å². The van der Waals surface area contributed by atoms with Gasteiger partial charge in [-0.15, -0.1) is 0 Å². The average Bonchev–Trinajstić information content (AvgIpc) is 2.67. The Bertz CT molecular complexity index is 319. The quantitative estimate of drug-likeness (QED) is 0.787. The van der Waals surface area contributed by atoms with Gasteiger partial charge in [-0.25, -0.2) is 0 Å². The molecule has 14 heavy (non-hydrogen) atoms. The van der Waals surface area contributed by atoms with Crippen LogP contribution in [-0.4, -0.2) is 18.0 Å². The fraction of sp³-hybridized carbons (Fsp3) is 0.273. The summed E-state index contributed by atoms with van der Waals surface area (Å²) in [5.74, 6) is 0.492. The summed E-state index contributed by atoms with van der Waals surface area (Å²) in [4.78, 5) is 0. The molecule has 1 heterocycles. The lowest BCUT2D eigenvalue weighted by Crippen LogP contribution is -2.12. The van der Waals surface area contributed by atoms with Gasteiger partial charge in [0.2, 0.25) is 6.29 Å². The van der Waals surface area contributed by atoms with Gasteiger partial charge in [0.15, 0.2) is 5.76 Å². The zero-order valence-electron chi connectivity index (χ0n) is 7.72. The first kappa shape index (κ1) is 9.09. The summed E-state index contributed by atoms with van der Waals surface area (Å²) < 4.78 is 10.5. The molecule has 0 bridgehead atoms. The minimum atomic E-state index is -0.292. The fourth-order valence-corrected chi connectivity index (χ4v) is 1.35. The average molecular weight is 192 g/mol. The number of benzene rings is 1. The van der Waals surface area contributed by atoms with Crippen molar-refractivity contribution in [2.24, 2.45) is 0 Å². The van der Waals surface area contributed by atoms with E-state index in [-0.39, 0.29) is 12.9 Å². The highest BCUT2D eigenvalue weighted by Gasteiger charge is 2.18. The van der Waals surface area contributed by atoms with Gasteiger partial charge in [-0.3, -0.25) is 0 Å². The number of hydrogen-bond donors (Lipinski definition) is 1. The van der Waals surface area contributed by atoms with Gasteiger partial charge in [-0.05, 0) is 5.56 Å². The standard InChI is InChI=1S/C11H12O3/c12-7-10-8-13-11(14-10)6-9-4-2-1-3-5-9/h1-5,8,11-12H,6-7H2. The molecule has 0 saturated heterocycles. The molecule has 3 nitrogen and oxygen atoms in total. The van der Waals surface area contributed by atoms with Crippen LogP contribution in [0.4, 0.5) is 0 Å². The van der Waals surface area contributed by atoms with Gasteiger partial charge in [0, 0.05) is 6.42 Å². The summed E-state index contributed by atoms with van der Waals surface area (Å²) in [7, 11) is 0. The molecule has 0 fully saturated rings. The van der Waals surface area contributed by atoms with Crippen LogP contribution in [0.3, 0.4) is 0 Å². The highest BCUT2D eigenvalue weighted by molar-refractivity contribution is 5.15. The van der Waals surface area contributed by atoms with E-state index >= 15 is 0 Å². The van der Waals surface area contributed by atoms with Crippen LogP contribution in [0.25, 0.3) is 0 Å². The van der Waals surface area contributed by atoms with Crippen LogP contribution in [0.5, 0.6) is 0 Å². The lowest BCUT2D eigenvalue weighted by Gasteiger charge is -2.10. The number of aliphatic hydroxyl groups is 1. The van der Waals surface area contributed by atoms with Gasteiger partial charge in [-0.1, -0.05) is 30.3 Å². The monoisotopic (exact) mass is 192 g/mol. The smallest absolute Gasteiger partial charge is 0.244 e. The maximum absolute atomic E-state index is 8.78. The second kappa shape index (κ2) is 4.15. The van der Waals surface area contributed by atoms with E-state index in [2.05, 4.69) is 0 Å². The Morgan fingerprint density at radius 2 is 2.00 bits per heavy atom. The summed E-state index contributed by atoms with van der Waals surface area (Å²) in [6, 6.07) is 9.96. The number of aliphatic hydroxyl groups excluding tert-OH is 1. The van der Waals surface area contributed by atoms with E-state index in [4.69, 9.17) is 14.6 Å². The molecule has 0 aliphatic carbocycles. The third-order valence-electron chi connectivity index (χ3n) is 2.04. The van der Waals surface area contributed by atoms with Crippen molar-refractivity contribution in [3.05, 3.63) is 47.9 Å². The molecular formula is C11H12O3. The molecule has 1 aliphatic rings. The summed E-state index contributed by atoms with van der Waals surface area (Å²) in [5.41, 5.74) is 1.16. The summed E-state index contributed by atoms with van der Waals surface area (Å²) in [5, 5.41) is 8.78. The van der Waals surface area contributed by atoms with Gasteiger partial charge in [0.1, 0.15) is 12.9 Å². The molecule has 1 N–H and O–H groups in total. The van der Waals surface area contributed by atoms with Crippen molar-refractivity contribution in [2.75, 3.05) is 6.61 Å². The normalized spacial score (nSPS) is 19.8. The van der Waals surface area contributed by atoms with Crippen molar-refractivity contribution < 1.29 is 14.6 Å². The minimum Gasteiger partial charge on any atom is -0.459 e. The molecule has 1 unspecified atom stereocenters. The molecule has 0 aromatic heterocycles. The van der Waals surface area contributed by atoms with E-state index in [1.54, 1.807) is 0 Å². The second-order valence-electron chi connectivity index (χ2n) is 3.12. The van der Waals surface area contributed by atoms with E-state index in [9.17, 15) is 0 Å². The Morgan fingerprint density at radius 3 is 2.64 bits per heavy atom. The molecule has 0 radical (unpaired) electrons. The third-order valence-corrected chi connectivity index (χ3v) is 2.04. The number of ether oxygens (including phenoxy) is 2. The van der Waals surface area contributed by atoms with Crippen molar-refractivity contribution >= 4 is 0 Å². The van der Waals surface area contributed by atoms with Gasteiger partial charge in [-0.2, -0.15) is 0 Å². The summed E-state index contributed by atoms with van der Waals surface area (Å²) in [6.45, 7) is -0.106. The van der Waals surface area contributed by atoms with E-state index in [0.29, 0.717) is 12.2 Å².